The van der Waals surface area contributed by atoms with Gasteiger partial charge in [-0.05, 0) is 37.8 Å². The molecule has 1 heterocycles. The van der Waals surface area contributed by atoms with Crippen molar-refractivity contribution in [2.45, 2.75) is 44.0 Å². The number of nitrogens with two attached hydrogens (primary N) is 1. The third-order valence-electron chi connectivity index (χ3n) is 4.54. The summed E-state index contributed by atoms with van der Waals surface area (Å²) in [5.41, 5.74) is 6.78. The van der Waals surface area contributed by atoms with E-state index in [1.165, 1.54) is 0 Å². The average molecular weight is 375 g/mol. The Bertz CT molecular complexity index is 646. The molecule has 0 radical (unpaired) electrons. The Morgan fingerprint density at radius 3 is 2.50 bits per heavy atom. The number of piperidine rings is 1. The molecule has 0 bridgehead atoms. The van der Waals surface area contributed by atoms with Crippen LogP contribution in [0.1, 0.15) is 31.7 Å². The van der Waals surface area contributed by atoms with Crippen LogP contribution in [0.25, 0.3) is 0 Å². The molecular formula is C17H27ClN2O3S. The summed E-state index contributed by atoms with van der Waals surface area (Å²) in [5, 5.41) is 0. The van der Waals surface area contributed by atoms with Gasteiger partial charge in [0.25, 0.3) is 0 Å². The number of halogens is 1. The SMILES string of the molecule is Cc1ccc(S(=O)(=O)CCC(=O)N2CCC(C)CC2CN)cc1.Cl. The standard InChI is InChI=1S/C17H26N2O3S.ClH/c1-13-3-5-16(6-4-13)23(21,22)10-8-17(20)19-9-7-14(2)11-15(19)12-18;/h3-6,14-15H,7-12,18H2,1-2H3;1H. The van der Waals surface area contributed by atoms with Gasteiger partial charge < -0.3 is 10.6 Å². The molecule has 1 aliphatic rings. The lowest BCUT2D eigenvalue weighted by molar-refractivity contribution is -0.134. The predicted octanol–water partition coefficient (Wildman–Crippen LogP) is 2.17. The van der Waals surface area contributed by atoms with Gasteiger partial charge in [-0.2, -0.15) is 0 Å². The van der Waals surface area contributed by atoms with Crippen molar-refractivity contribution in [3.63, 3.8) is 0 Å². The number of hydrogen-bond acceptors (Lipinski definition) is 4. The largest absolute Gasteiger partial charge is 0.338 e. The first kappa shape index (κ1) is 20.9. The van der Waals surface area contributed by atoms with Gasteiger partial charge in [0.2, 0.25) is 5.91 Å². The van der Waals surface area contributed by atoms with E-state index in [0.29, 0.717) is 19.0 Å². The molecule has 0 spiro atoms. The highest BCUT2D eigenvalue weighted by molar-refractivity contribution is 7.91. The quantitative estimate of drug-likeness (QED) is 0.856. The summed E-state index contributed by atoms with van der Waals surface area (Å²) < 4.78 is 24.7. The van der Waals surface area contributed by atoms with E-state index >= 15 is 0 Å². The summed E-state index contributed by atoms with van der Waals surface area (Å²) in [4.78, 5) is 14.5. The lowest BCUT2D eigenvalue weighted by Crippen LogP contribution is -2.49. The van der Waals surface area contributed by atoms with Gasteiger partial charge >= 0.3 is 0 Å². The Morgan fingerprint density at radius 1 is 1.29 bits per heavy atom. The van der Waals surface area contributed by atoms with E-state index in [1.54, 1.807) is 29.2 Å². The Hall–Kier alpha value is -1.11. The molecule has 136 valence electrons. The van der Waals surface area contributed by atoms with Gasteiger partial charge in [0.1, 0.15) is 0 Å². The maximum atomic E-state index is 12.4. The fourth-order valence-corrected chi connectivity index (χ4v) is 4.26. The van der Waals surface area contributed by atoms with Crippen LogP contribution < -0.4 is 5.73 Å². The zero-order valence-electron chi connectivity index (χ0n) is 14.3. The number of carbonyl (C=O) groups is 1. The van der Waals surface area contributed by atoms with Gasteiger partial charge in [0.15, 0.2) is 9.84 Å². The van der Waals surface area contributed by atoms with Crippen molar-refractivity contribution in [1.82, 2.24) is 4.90 Å². The van der Waals surface area contributed by atoms with E-state index in [2.05, 4.69) is 6.92 Å². The smallest absolute Gasteiger partial charge is 0.223 e. The first-order valence-electron chi connectivity index (χ1n) is 8.12. The van der Waals surface area contributed by atoms with E-state index in [0.717, 1.165) is 18.4 Å². The number of aryl methyl sites for hydroxylation is 1. The Labute approximate surface area is 150 Å². The summed E-state index contributed by atoms with van der Waals surface area (Å²) in [7, 11) is -3.42. The molecule has 24 heavy (non-hydrogen) atoms. The second kappa shape index (κ2) is 8.83. The maximum Gasteiger partial charge on any atom is 0.223 e. The van der Waals surface area contributed by atoms with Crippen molar-refractivity contribution >= 4 is 28.2 Å². The summed E-state index contributed by atoms with van der Waals surface area (Å²) in [5.74, 6) is 0.296. The molecule has 2 N–H and O–H groups in total. The van der Waals surface area contributed by atoms with E-state index in [1.807, 2.05) is 6.92 Å². The zero-order chi connectivity index (χ0) is 17.0. The summed E-state index contributed by atoms with van der Waals surface area (Å²) in [6.07, 6.45) is 1.86. The Morgan fingerprint density at radius 2 is 1.92 bits per heavy atom. The molecule has 5 nitrogen and oxygen atoms in total. The zero-order valence-corrected chi connectivity index (χ0v) is 15.9. The van der Waals surface area contributed by atoms with Crippen LogP contribution in [-0.2, 0) is 14.6 Å². The first-order valence-corrected chi connectivity index (χ1v) is 9.77. The van der Waals surface area contributed by atoms with Gasteiger partial charge in [0.05, 0.1) is 10.6 Å². The number of nitrogens with zero attached hydrogens (tertiary/aromatic N) is 1. The van der Waals surface area contributed by atoms with Gasteiger partial charge in [-0.3, -0.25) is 4.79 Å². The Balaban J connectivity index is 0.00000288. The molecule has 1 aromatic carbocycles. The van der Waals surface area contributed by atoms with Crippen LogP contribution in [0.15, 0.2) is 29.2 Å². The minimum Gasteiger partial charge on any atom is -0.338 e. The molecule has 0 aliphatic carbocycles. The van der Waals surface area contributed by atoms with Crippen LogP contribution in [0.2, 0.25) is 0 Å². The van der Waals surface area contributed by atoms with E-state index < -0.39 is 9.84 Å². The Kier molecular flexibility index (Phi) is 7.70. The normalized spacial score (nSPS) is 21.2. The van der Waals surface area contributed by atoms with Crippen molar-refractivity contribution in [2.24, 2.45) is 11.7 Å². The molecule has 2 unspecified atom stereocenters. The topological polar surface area (TPSA) is 80.5 Å². The number of rotatable bonds is 5. The number of carbonyl (C=O) groups excluding carboxylic acids is 1. The lowest BCUT2D eigenvalue weighted by atomic mass is 9.92. The molecule has 7 heteroatoms. The van der Waals surface area contributed by atoms with Crippen LogP contribution in [-0.4, -0.2) is 44.1 Å². The highest BCUT2D eigenvalue weighted by atomic mass is 35.5. The molecule has 2 rings (SSSR count). The summed E-state index contributed by atoms with van der Waals surface area (Å²) >= 11 is 0. The number of hydrogen-bond donors (Lipinski definition) is 1. The molecular weight excluding hydrogens is 348 g/mol. The van der Waals surface area contributed by atoms with Crippen LogP contribution in [0, 0.1) is 12.8 Å². The molecule has 1 aromatic rings. The fourth-order valence-electron chi connectivity index (χ4n) is 3.03. The van der Waals surface area contributed by atoms with Crippen molar-refractivity contribution in [3.8, 4) is 0 Å². The average Bonchev–Trinajstić information content (AvgIpc) is 2.53. The van der Waals surface area contributed by atoms with Crippen LogP contribution in [0.4, 0.5) is 0 Å². The van der Waals surface area contributed by atoms with Crippen molar-refractivity contribution < 1.29 is 13.2 Å². The van der Waals surface area contributed by atoms with Crippen molar-refractivity contribution in [2.75, 3.05) is 18.8 Å². The lowest BCUT2D eigenvalue weighted by Gasteiger charge is -2.38. The molecule has 1 fully saturated rings. The van der Waals surface area contributed by atoms with Crippen LogP contribution in [0.3, 0.4) is 0 Å². The monoisotopic (exact) mass is 374 g/mol. The minimum absolute atomic E-state index is 0. The van der Waals surface area contributed by atoms with E-state index in [9.17, 15) is 13.2 Å². The number of sulfone groups is 1. The maximum absolute atomic E-state index is 12.4. The van der Waals surface area contributed by atoms with Gasteiger partial charge in [-0.1, -0.05) is 24.6 Å². The molecule has 0 saturated carbocycles. The van der Waals surface area contributed by atoms with E-state index in [4.69, 9.17) is 5.73 Å². The number of benzene rings is 1. The fraction of sp³-hybridized carbons (Fsp3) is 0.588. The number of amides is 1. The third kappa shape index (κ3) is 5.19. The van der Waals surface area contributed by atoms with Gasteiger partial charge in [-0.15, -0.1) is 12.4 Å². The predicted molar refractivity (Wildman–Crippen MR) is 98.1 cm³/mol. The summed E-state index contributed by atoms with van der Waals surface area (Å²) in [6, 6.07) is 6.77. The van der Waals surface area contributed by atoms with Gasteiger partial charge in [0, 0.05) is 25.6 Å². The summed E-state index contributed by atoms with van der Waals surface area (Å²) in [6.45, 7) is 5.17. The second-order valence-electron chi connectivity index (χ2n) is 6.49. The van der Waals surface area contributed by atoms with E-state index in [-0.39, 0.29) is 41.4 Å². The second-order valence-corrected chi connectivity index (χ2v) is 8.60. The molecule has 2 atom stereocenters. The van der Waals surface area contributed by atoms with Crippen molar-refractivity contribution in [3.05, 3.63) is 29.8 Å². The third-order valence-corrected chi connectivity index (χ3v) is 6.27. The molecule has 0 aromatic heterocycles. The highest BCUT2D eigenvalue weighted by Gasteiger charge is 2.29. The highest BCUT2D eigenvalue weighted by Crippen LogP contribution is 2.23. The first-order chi connectivity index (χ1) is 10.8. The minimum atomic E-state index is -3.42. The number of likely N-dealkylation sites (tertiary alicyclic amines) is 1. The van der Waals surface area contributed by atoms with Crippen LogP contribution in [0.5, 0.6) is 0 Å². The van der Waals surface area contributed by atoms with Crippen molar-refractivity contribution in [1.29, 1.82) is 0 Å². The molecule has 1 saturated heterocycles. The molecule has 1 aliphatic heterocycles. The van der Waals surface area contributed by atoms with Crippen LogP contribution >= 0.6 is 12.4 Å². The molecule has 1 amide bonds. The van der Waals surface area contributed by atoms with Gasteiger partial charge in [-0.25, -0.2) is 8.42 Å².